The average Bonchev–Trinajstić information content (AvgIpc) is 1.65. The van der Waals surface area contributed by atoms with Crippen molar-refractivity contribution >= 4 is 20.8 Å². The van der Waals surface area contributed by atoms with Gasteiger partial charge in [-0.3, -0.25) is 4.79 Å². The Labute approximate surface area is 46.8 Å². The average molecular weight is 114 g/mol. The Kier molecular flexibility index (Phi) is 2.75. The van der Waals surface area contributed by atoms with Gasteiger partial charge in [-0.05, 0) is 28.4 Å². The Morgan fingerprint density at radius 1 is 1.71 bits per heavy atom. The van der Waals surface area contributed by atoms with Crippen molar-refractivity contribution in [1.29, 1.82) is 0 Å². The van der Waals surface area contributed by atoms with E-state index in [0.717, 1.165) is 11.6 Å². The number of carbonyl (C=O) groups is 1. The van der Waals surface area contributed by atoms with Gasteiger partial charge in [0.05, 0.1) is 0 Å². The molecule has 0 heterocycles. The number of carbonyl (C=O) groups excluding carboxylic acids is 1. The summed E-state index contributed by atoms with van der Waals surface area (Å²) in [5.41, 5.74) is 0. The summed E-state index contributed by atoms with van der Waals surface area (Å²) in [5.74, 6) is 0.223. The van der Waals surface area contributed by atoms with E-state index >= 15 is 0 Å². The molecule has 0 aromatic rings. The molecule has 0 N–H and O–H groups in total. The van der Waals surface area contributed by atoms with Gasteiger partial charge >= 0.3 is 0 Å². The second-order valence-electron chi connectivity index (χ2n) is 1.51. The van der Waals surface area contributed by atoms with Crippen molar-refractivity contribution in [3.63, 3.8) is 0 Å². The van der Waals surface area contributed by atoms with Crippen LogP contribution < -0.4 is 0 Å². The lowest BCUT2D eigenvalue weighted by Crippen LogP contribution is -2.07. The summed E-state index contributed by atoms with van der Waals surface area (Å²) in [5, 5.41) is 0.986. The summed E-state index contributed by atoms with van der Waals surface area (Å²) in [6.45, 7) is 3.59. The van der Waals surface area contributed by atoms with E-state index in [-0.39, 0.29) is 5.78 Å². The van der Waals surface area contributed by atoms with Crippen molar-refractivity contribution in [3.8, 4) is 0 Å². The Bertz CT molecular complexity index is 96.3. The number of rotatable bonds is 2. The first-order chi connectivity index (χ1) is 3.18. The van der Waals surface area contributed by atoms with Crippen LogP contribution in [0.1, 0.15) is 20.3 Å². The predicted molar refractivity (Wildman–Crippen MR) is 34.5 cm³/mol. The molecule has 0 radical (unpaired) electrons. The lowest BCUT2D eigenvalue weighted by atomic mass is 10.2. The molecule has 0 saturated heterocycles. The third-order valence-corrected chi connectivity index (χ3v) is 1.92. The molecule has 1 nitrogen and oxygen atoms in total. The van der Waals surface area contributed by atoms with Crippen molar-refractivity contribution in [1.82, 2.24) is 0 Å². The summed E-state index contributed by atoms with van der Waals surface area (Å²) in [7, 11) is 1.68. The molecule has 0 aliphatic heterocycles. The lowest BCUT2D eigenvalue weighted by Gasteiger charge is -1.89. The zero-order valence-electron chi connectivity index (χ0n) is 4.82. The normalized spacial score (nSPS) is 8.29. The van der Waals surface area contributed by atoms with E-state index in [2.05, 4.69) is 0 Å². The molecule has 0 aliphatic rings. The van der Waals surface area contributed by atoms with Crippen LogP contribution >= 0.6 is 0 Å². The third kappa shape index (κ3) is 2.45. The maximum atomic E-state index is 10.3. The monoisotopic (exact) mass is 114 g/mol. The minimum Gasteiger partial charge on any atom is -0.295 e. The maximum Gasteiger partial charge on any atom is 0.150 e. The van der Waals surface area contributed by atoms with Gasteiger partial charge in [0.1, 0.15) is 0 Å². The van der Waals surface area contributed by atoms with Crippen LogP contribution in [0.2, 0.25) is 0 Å². The number of hydrogen-bond donors (Lipinski definition) is 0. The highest BCUT2D eigenvalue weighted by molar-refractivity contribution is 6.62. The molecule has 0 atom stereocenters. The molecule has 0 spiro atoms. The Morgan fingerprint density at radius 3 is 2.14 bits per heavy atom. The zero-order valence-corrected chi connectivity index (χ0v) is 6.24. The standard InChI is InChI=1S/C5H10OSi/c1-3-5(7)4(2)6/h3,7H2,1-2H3. The first-order valence-corrected chi connectivity index (χ1v) is 3.08. The van der Waals surface area contributed by atoms with Gasteiger partial charge in [-0.1, -0.05) is 6.92 Å². The SMILES string of the molecule is CCC(=[SiH2])C(C)=O. The van der Waals surface area contributed by atoms with Gasteiger partial charge < -0.3 is 0 Å². The van der Waals surface area contributed by atoms with Crippen LogP contribution in [0.25, 0.3) is 0 Å². The number of Topliss-reactive ketones (excluding diaryl/α,β-unsaturated/α-hetero) is 1. The van der Waals surface area contributed by atoms with Gasteiger partial charge in [-0.25, -0.2) is 0 Å². The fourth-order valence-electron chi connectivity index (χ4n) is 0.249. The Hall–Kier alpha value is -0.243. The Morgan fingerprint density at radius 2 is 2.14 bits per heavy atom. The van der Waals surface area contributed by atoms with Crippen LogP contribution in [0.5, 0.6) is 0 Å². The molecule has 0 saturated carbocycles. The van der Waals surface area contributed by atoms with Gasteiger partial charge in [0.2, 0.25) is 0 Å². The number of hydrogen-bond acceptors (Lipinski definition) is 1. The predicted octanol–water partition coefficient (Wildman–Crippen LogP) is -0.209. The van der Waals surface area contributed by atoms with Crippen molar-refractivity contribution in [3.05, 3.63) is 0 Å². The van der Waals surface area contributed by atoms with Gasteiger partial charge in [0.25, 0.3) is 0 Å². The summed E-state index contributed by atoms with van der Waals surface area (Å²) in [6, 6.07) is 0. The van der Waals surface area contributed by atoms with Gasteiger partial charge in [0.15, 0.2) is 5.78 Å². The van der Waals surface area contributed by atoms with Crippen LogP contribution in [-0.4, -0.2) is 20.8 Å². The van der Waals surface area contributed by atoms with Crippen LogP contribution in [0.4, 0.5) is 0 Å². The van der Waals surface area contributed by atoms with E-state index in [1.165, 1.54) is 0 Å². The fraction of sp³-hybridized carbons (Fsp3) is 0.600. The largest absolute Gasteiger partial charge is 0.295 e. The van der Waals surface area contributed by atoms with Crippen molar-refractivity contribution in [2.24, 2.45) is 0 Å². The summed E-state index contributed by atoms with van der Waals surface area (Å²) >= 11 is 0. The van der Waals surface area contributed by atoms with E-state index in [9.17, 15) is 4.79 Å². The second-order valence-corrected chi connectivity index (χ2v) is 2.37. The molecule has 0 bridgehead atoms. The molecule has 0 fully saturated rings. The highest BCUT2D eigenvalue weighted by Crippen LogP contribution is 1.78. The lowest BCUT2D eigenvalue weighted by molar-refractivity contribution is -0.111. The van der Waals surface area contributed by atoms with Gasteiger partial charge in [0, 0.05) is 0 Å². The van der Waals surface area contributed by atoms with Crippen LogP contribution in [-0.2, 0) is 4.79 Å². The third-order valence-electron chi connectivity index (χ3n) is 0.925. The van der Waals surface area contributed by atoms with Crippen LogP contribution in [0, 0.1) is 0 Å². The van der Waals surface area contributed by atoms with Gasteiger partial charge in [-0.2, -0.15) is 0 Å². The molecule has 0 rings (SSSR count). The van der Waals surface area contributed by atoms with Crippen molar-refractivity contribution < 1.29 is 4.79 Å². The molecule has 40 valence electrons. The molecule has 0 aliphatic carbocycles. The van der Waals surface area contributed by atoms with E-state index in [1.54, 1.807) is 16.8 Å². The fourth-order valence-corrected chi connectivity index (χ4v) is 0.249. The van der Waals surface area contributed by atoms with E-state index in [4.69, 9.17) is 0 Å². The second kappa shape index (κ2) is 2.85. The smallest absolute Gasteiger partial charge is 0.150 e. The molecule has 2 heteroatoms. The number of ketones is 1. The minimum atomic E-state index is 0.223. The summed E-state index contributed by atoms with van der Waals surface area (Å²) in [4.78, 5) is 10.3. The molecule has 7 heavy (non-hydrogen) atoms. The minimum absolute atomic E-state index is 0.223. The zero-order chi connectivity index (χ0) is 5.86. The molecule has 0 amide bonds. The highest BCUT2D eigenvalue weighted by Gasteiger charge is 1.91. The molecule has 0 aromatic carbocycles. The maximum absolute atomic E-state index is 10.3. The first kappa shape index (κ1) is 6.76. The molecule has 0 unspecified atom stereocenters. The van der Waals surface area contributed by atoms with Crippen LogP contribution in [0.3, 0.4) is 0 Å². The molecule has 0 aromatic heterocycles. The van der Waals surface area contributed by atoms with Gasteiger partial charge in [-0.15, -0.1) is 0 Å². The highest BCUT2D eigenvalue weighted by atomic mass is 28.1. The quantitative estimate of drug-likeness (QED) is 0.454. The van der Waals surface area contributed by atoms with Crippen molar-refractivity contribution in [2.75, 3.05) is 0 Å². The summed E-state index contributed by atoms with van der Waals surface area (Å²) in [6.07, 6.45) is 0.897. The molecular formula is C5H10OSi. The summed E-state index contributed by atoms with van der Waals surface area (Å²) < 4.78 is 0. The molecular weight excluding hydrogens is 104 g/mol. The van der Waals surface area contributed by atoms with E-state index in [0.29, 0.717) is 0 Å². The van der Waals surface area contributed by atoms with Crippen LogP contribution in [0.15, 0.2) is 0 Å². The first-order valence-electron chi connectivity index (χ1n) is 2.37. The van der Waals surface area contributed by atoms with E-state index < -0.39 is 0 Å². The van der Waals surface area contributed by atoms with E-state index in [1.807, 2.05) is 6.92 Å². The Balaban J connectivity index is 3.58. The van der Waals surface area contributed by atoms with Crippen molar-refractivity contribution in [2.45, 2.75) is 20.3 Å². The topological polar surface area (TPSA) is 17.1 Å².